The molecule has 0 aliphatic carbocycles. The van der Waals surface area contributed by atoms with Crippen LogP contribution in [0.3, 0.4) is 0 Å². The number of hydrogen-bond acceptors (Lipinski definition) is 5. The van der Waals surface area contributed by atoms with Crippen LogP contribution in [0.25, 0.3) is 0 Å². The Labute approximate surface area is 147 Å². The predicted molar refractivity (Wildman–Crippen MR) is 92.4 cm³/mol. The molecule has 1 aliphatic heterocycles. The van der Waals surface area contributed by atoms with Crippen molar-refractivity contribution >= 4 is 51.6 Å². The van der Waals surface area contributed by atoms with Crippen molar-refractivity contribution < 1.29 is 14.3 Å². The molecule has 1 aromatic rings. The number of thioether (sulfide) groups is 1. The molecule has 0 fully saturated rings. The summed E-state index contributed by atoms with van der Waals surface area (Å²) in [6.45, 7) is 3.59. The van der Waals surface area contributed by atoms with E-state index in [4.69, 9.17) is 23.2 Å². The lowest BCUT2D eigenvalue weighted by atomic mass is 10.2. The van der Waals surface area contributed by atoms with Crippen molar-refractivity contribution in [1.29, 1.82) is 0 Å². The molecule has 5 nitrogen and oxygen atoms in total. The number of para-hydroxylation sites is 1. The van der Waals surface area contributed by atoms with Gasteiger partial charge in [0.2, 0.25) is 0 Å². The summed E-state index contributed by atoms with van der Waals surface area (Å²) in [6, 6.07) is 8.53. The number of aliphatic hydroxyl groups excluding tert-OH is 1. The number of amides is 1. The number of anilines is 1. The molecule has 1 amide bonds. The maximum Gasteiger partial charge on any atom is 0.307 e. The van der Waals surface area contributed by atoms with E-state index in [1.165, 1.54) is 5.01 Å². The Bertz CT molecular complexity index is 595. The van der Waals surface area contributed by atoms with Crippen LogP contribution in [0.4, 0.5) is 10.1 Å². The molecule has 0 saturated heterocycles. The quantitative estimate of drug-likeness (QED) is 0.771. The van der Waals surface area contributed by atoms with Gasteiger partial charge < -0.3 is 10.4 Å². The van der Waals surface area contributed by atoms with Crippen molar-refractivity contribution in [2.75, 3.05) is 5.32 Å². The van der Waals surface area contributed by atoms with Crippen molar-refractivity contribution in [3.05, 3.63) is 30.3 Å². The Morgan fingerprint density at radius 3 is 2.57 bits per heavy atom. The fourth-order valence-electron chi connectivity index (χ4n) is 1.96. The molecule has 126 valence electrons. The molecule has 1 heterocycles. The molecule has 2 N–H and O–H groups in total. The van der Waals surface area contributed by atoms with Crippen LogP contribution in [0, 0.1) is 0 Å². The Kier molecular flexibility index (Phi) is 5.78. The number of hydrazone groups is 1. The number of rotatable bonds is 5. The van der Waals surface area contributed by atoms with E-state index >= 15 is 0 Å². The number of alkyl halides is 3. The first-order valence-corrected chi connectivity index (χ1v) is 8.48. The molecule has 0 saturated carbocycles. The smallest absolute Gasteiger partial charge is 0.307 e. The van der Waals surface area contributed by atoms with Gasteiger partial charge in [0.1, 0.15) is 5.37 Å². The van der Waals surface area contributed by atoms with Crippen molar-refractivity contribution in [1.82, 2.24) is 5.01 Å². The number of hydrogen-bond donors (Lipinski definition) is 2. The molecular weight excluding hydrogens is 364 g/mol. The summed E-state index contributed by atoms with van der Waals surface area (Å²) < 4.78 is 11.0. The number of carbonyl (C=O) groups excluding carboxylic acids is 1. The van der Waals surface area contributed by atoms with E-state index in [0.717, 1.165) is 11.8 Å². The minimum atomic E-state index is -2.66. The highest BCUT2D eigenvalue weighted by Crippen LogP contribution is 2.40. The molecule has 23 heavy (non-hydrogen) atoms. The molecule has 2 rings (SSSR count). The third kappa shape index (κ3) is 4.50. The largest absolute Gasteiger partial charge is 0.380 e. The summed E-state index contributed by atoms with van der Waals surface area (Å²) >= 11 is 11.7. The third-order valence-electron chi connectivity index (χ3n) is 3.05. The number of nitrogens with zero attached hydrogens (tertiary/aromatic N) is 2. The molecule has 0 bridgehead atoms. The normalized spacial score (nSPS) is 19.7. The standard InChI is InChI=1S/C14H16Cl2FN3O2S/c1-8(2)20-12(23-13(19-20)14(15,16)17)10(21)11(22)18-9-6-4-3-5-7-9/h3-8,10,12,21H,1-2H3,(H,18,22). The lowest BCUT2D eigenvalue weighted by Crippen LogP contribution is -2.45. The van der Waals surface area contributed by atoms with E-state index in [2.05, 4.69) is 10.4 Å². The number of nitrogens with one attached hydrogen (secondary N) is 1. The highest BCUT2D eigenvalue weighted by atomic mass is 35.5. The molecule has 1 aromatic carbocycles. The van der Waals surface area contributed by atoms with Crippen LogP contribution in [0.5, 0.6) is 0 Å². The molecule has 0 radical (unpaired) electrons. The van der Waals surface area contributed by atoms with Gasteiger partial charge in [-0.05, 0) is 26.0 Å². The Morgan fingerprint density at radius 1 is 1.43 bits per heavy atom. The van der Waals surface area contributed by atoms with Crippen molar-refractivity contribution in [3.63, 3.8) is 0 Å². The average molecular weight is 380 g/mol. The molecule has 0 aromatic heterocycles. The van der Waals surface area contributed by atoms with E-state index in [1.807, 2.05) is 0 Å². The van der Waals surface area contributed by atoms with Crippen LogP contribution < -0.4 is 5.32 Å². The van der Waals surface area contributed by atoms with Crippen LogP contribution >= 0.6 is 35.0 Å². The number of benzene rings is 1. The van der Waals surface area contributed by atoms with Crippen LogP contribution in [-0.2, 0) is 4.79 Å². The van der Waals surface area contributed by atoms with E-state index in [9.17, 15) is 14.3 Å². The molecule has 9 heteroatoms. The van der Waals surface area contributed by atoms with Gasteiger partial charge >= 0.3 is 4.59 Å². The third-order valence-corrected chi connectivity index (χ3v) is 4.93. The minimum absolute atomic E-state index is 0.181. The number of halogens is 3. The molecule has 2 atom stereocenters. The van der Waals surface area contributed by atoms with Gasteiger partial charge in [0, 0.05) is 11.7 Å². The van der Waals surface area contributed by atoms with Crippen LogP contribution in [-0.4, -0.2) is 43.2 Å². The fourth-order valence-corrected chi connectivity index (χ4v) is 3.46. The van der Waals surface area contributed by atoms with E-state index < -0.39 is 22.0 Å². The zero-order valence-corrected chi connectivity index (χ0v) is 14.7. The molecule has 2 unspecified atom stereocenters. The van der Waals surface area contributed by atoms with Gasteiger partial charge in [0.05, 0.1) is 0 Å². The van der Waals surface area contributed by atoms with E-state index in [1.54, 1.807) is 44.2 Å². The van der Waals surface area contributed by atoms with Gasteiger partial charge in [-0.3, -0.25) is 9.80 Å². The fraction of sp³-hybridized carbons (Fsp3) is 0.429. The Balaban J connectivity index is 2.12. The van der Waals surface area contributed by atoms with Gasteiger partial charge in [-0.1, -0.05) is 53.2 Å². The topological polar surface area (TPSA) is 64.9 Å². The predicted octanol–water partition coefficient (Wildman–Crippen LogP) is 3.18. The van der Waals surface area contributed by atoms with E-state index in [0.29, 0.717) is 5.69 Å². The number of carbonyl (C=O) groups is 1. The van der Waals surface area contributed by atoms with Crippen LogP contribution in [0.2, 0.25) is 0 Å². The highest BCUT2D eigenvalue weighted by molar-refractivity contribution is 8.15. The lowest BCUT2D eigenvalue weighted by Gasteiger charge is -2.29. The summed E-state index contributed by atoms with van der Waals surface area (Å²) in [5.41, 5.74) is 0.548. The maximum atomic E-state index is 13.7. The first-order chi connectivity index (χ1) is 10.7. The summed E-state index contributed by atoms with van der Waals surface area (Å²) in [5, 5.41) is 17.3. The SMILES string of the molecule is CC(C)N1N=C(C(F)(Cl)Cl)SC1C(O)C(=O)Nc1ccccc1. The summed E-state index contributed by atoms with van der Waals surface area (Å²) in [6.07, 6.45) is -1.44. The summed E-state index contributed by atoms with van der Waals surface area (Å²) in [7, 11) is 0. The maximum absolute atomic E-state index is 13.7. The second-order valence-corrected chi connectivity index (χ2v) is 7.53. The summed E-state index contributed by atoms with van der Waals surface area (Å²) in [4.78, 5) is 12.2. The van der Waals surface area contributed by atoms with Crippen LogP contribution in [0.15, 0.2) is 35.4 Å². The molecule has 1 aliphatic rings. The van der Waals surface area contributed by atoms with Gasteiger partial charge in [-0.25, -0.2) is 4.39 Å². The second kappa shape index (κ2) is 7.25. The zero-order valence-electron chi connectivity index (χ0n) is 12.4. The highest BCUT2D eigenvalue weighted by Gasteiger charge is 2.45. The molecular formula is C14H16Cl2FN3O2S. The lowest BCUT2D eigenvalue weighted by molar-refractivity contribution is -0.125. The van der Waals surface area contributed by atoms with Crippen molar-refractivity contribution in [2.45, 2.75) is 36.0 Å². The molecule has 0 spiro atoms. The monoisotopic (exact) mass is 379 g/mol. The first kappa shape index (κ1) is 18.3. The average Bonchev–Trinajstić information content (AvgIpc) is 2.93. The van der Waals surface area contributed by atoms with Gasteiger partial charge in [-0.2, -0.15) is 5.10 Å². The Morgan fingerprint density at radius 2 is 2.04 bits per heavy atom. The van der Waals surface area contributed by atoms with Gasteiger partial charge in [0.15, 0.2) is 11.1 Å². The van der Waals surface area contributed by atoms with Gasteiger partial charge in [0.25, 0.3) is 5.91 Å². The van der Waals surface area contributed by atoms with Crippen LogP contribution in [0.1, 0.15) is 13.8 Å². The Hall–Kier alpha value is -1.02. The van der Waals surface area contributed by atoms with Gasteiger partial charge in [-0.15, -0.1) is 0 Å². The minimum Gasteiger partial charge on any atom is -0.380 e. The van der Waals surface area contributed by atoms with Crippen molar-refractivity contribution in [3.8, 4) is 0 Å². The number of aliphatic hydroxyl groups is 1. The second-order valence-electron chi connectivity index (χ2n) is 5.19. The zero-order chi connectivity index (χ0) is 17.2. The van der Waals surface area contributed by atoms with E-state index in [-0.39, 0.29) is 11.1 Å². The van der Waals surface area contributed by atoms with Crippen molar-refractivity contribution in [2.24, 2.45) is 5.10 Å². The summed E-state index contributed by atoms with van der Waals surface area (Å²) in [5.74, 6) is -0.621. The first-order valence-electron chi connectivity index (χ1n) is 6.85.